The number of rotatable bonds is 6. The first-order chi connectivity index (χ1) is 15.2. The third kappa shape index (κ3) is 6.68. The van der Waals surface area contributed by atoms with Gasteiger partial charge in [0.25, 0.3) is 0 Å². The van der Waals surface area contributed by atoms with Gasteiger partial charge in [0.1, 0.15) is 28.9 Å². The first-order valence-electron chi connectivity index (χ1n) is 10.1. The van der Waals surface area contributed by atoms with Crippen molar-refractivity contribution in [2.45, 2.75) is 6.92 Å². The van der Waals surface area contributed by atoms with Gasteiger partial charge in [-0.15, -0.1) is 23.3 Å². The number of thiol groups is 2. The summed E-state index contributed by atoms with van der Waals surface area (Å²) in [6.07, 6.45) is 3.16. The van der Waals surface area contributed by atoms with E-state index in [1.807, 2.05) is 6.92 Å². The Hall–Kier alpha value is -1.62. The summed E-state index contributed by atoms with van der Waals surface area (Å²) in [5.41, 5.74) is 1.00. The van der Waals surface area contributed by atoms with E-state index in [0.717, 1.165) is 82.8 Å². The lowest BCUT2D eigenvalue weighted by atomic mass is 10.2. The Bertz CT molecular complexity index is 860. The summed E-state index contributed by atoms with van der Waals surface area (Å²) < 4.78 is 5.42. The minimum atomic E-state index is 0.577. The summed E-state index contributed by atoms with van der Waals surface area (Å²) in [6.45, 7) is 12.0. The lowest BCUT2D eigenvalue weighted by molar-refractivity contribution is 0.0331. The summed E-state index contributed by atoms with van der Waals surface area (Å²) >= 11 is 7.76. The fourth-order valence-corrected chi connectivity index (χ4v) is 4.27. The molecule has 4 heterocycles. The quantitative estimate of drug-likeness (QED) is 0.424. The first-order valence-corrected chi connectivity index (χ1v) is 12.6. The number of nitrogens with one attached hydrogen (secondary N) is 1. The zero-order valence-electron chi connectivity index (χ0n) is 17.6. The first kappa shape index (κ1) is 24.0. The molecule has 2 fully saturated rings. The normalized spacial score (nSPS) is 17.5. The molecule has 4 rings (SSSR count). The van der Waals surface area contributed by atoms with E-state index < -0.39 is 0 Å². The van der Waals surface area contributed by atoms with Crippen molar-refractivity contribution < 1.29 is 4.74 Å². The molecule has 0 atom stereocenters. The van der Waals surface area contributed by atoms with Crippen LogP contribution in [0.25, 0.3) is 0 Å². The van der Waals surface area contributed by atoms with Gasteiger partial charge in [0, 0.05) is 57.9 Å². The number of hydrogen-bond donors (Lipinski definition) is 3. The highest BCUT2D eigenvalue weighted by molar-refractivity contribution is 8.59. The second kappa shape index (κ2) is 12.4. The molecule has 0 radical (unpaired) electrons. The maximum absolute atomic E-state index is 8.97. The minimum absolute atomic E-state index is 0.577. The molecule has 2 saturated heterocycles. The van der Waals surface area contributed by atoms with E-state index >= 15 is 0 Å². The Kier molecular flexibility index (Phi) is 9.63. The minimum Gasteiger partial charge on any atom is -0.379 e. The third-order valence-electron chi connectivity index (χ3n) is 5.41. The van der Waals surface area contributed by atoms with Gasteiger partial charge < -0.3 is 15.0 Å². The number of nitrogens with zero attached hydrogens (tertiary/aromatic N) is 7. The number of nitriles is 1. The Balaban J connectivity index is 0.00000132. The summed E-state index contributed by atoms with van der Waals surface area (Å²) in [6, 6.07) is 2.11. The SMILES string of the molecule is Cc1c(Nc2ncc(C#N)s2)ncnc1N1CCN(CCN2CCOCC2)CC1.SS. The van der Waals surface area contributed by atoms with Crippen molar-refractivity contribution in [1.29, 1.82) is 5.26 Å². The molecule has 2 aromatic rings. The second-order valence-electron chi connectivity index (χ2n) is 7.22. The van der Waals surface area contributed by atoms with Crippen LogP contribution >= 0.6 is 34.7 Å². The molecule has 2 aliphatic rings. The van der Waals surface area contributed by atoms with E-state index in [0.29, 0.717) is 10.0 Å². The molecule has 0 saturated carbocycles. The average Bonchev–Trinajstić information content (AvgIpc) is 3.29. The maximum Gasteiger partial charge on any atom is 0.189 e. The largest absolute Gasteiger partial charge is 0.379 e. The third-order valence-corrected chi connectivity index (χ3v) is 6.22. The Morgan fingerprint density at radius 2 is 1.74 bits per heavy atom. The van der Waals surface area contributed by atoms with Gasteiger partial charge in [-0.1, -0.05) is 11.3 Å². The van der Waals surface area contributed by atoms with Crippen molar-refractivity contribution in [2.75, 3.05) is 75.8 Å². The van der Waals surface area contributed by atoms with Crippen LogP contribution in [0.15, 0.2) is 12.5 Å². The lowest BCUT2D eigenvalue weighted by Crippen LogP contribution is -2.49. The van der Waals surface area contributed by atoms with Crippen molar-refractivity contribution >= 4 is 51.4 Å². The van der Waals surface area contributed by atoms with E-state index in [9.17, 15) is 0 Å². The van der Waals surface area contributed by atoms with Crippen molar-refractivity contribution in [3.05, 3.63) is 23.0 Å². The Morgan fingerprint density at radius 3 is 2.39 bits per heavy atom. The number of ether oxygens (including phenoxy) is 1. The number of hydrogen-bond acceptors (Lipinski definition) is 12. The van der Waals surface area contributed by atoms with Gasteiger partial charge in [-0.25, -0.2) is 15.0 Å². The van der Waals surface area contributed by atoms with E-state index in [4.69, 9.17) is 10.00 Å². The summed E-state index contributed by atoms with van der Waals surface area (Å²) in [7, 11) is 0. The van der Waals surface area contributed by atoms with Gasteiger partial charge in [-0.2, -0.15) is 5.26 Å². The van der Waals surface area contributed by atoms with Crippen LogP contribution in [0.4, 0.5) is 16.8 Å². The molecule has 0 spiro atoms. The molecule has 0 aliphatic carbocycles. The van der Waals surface area contributed by atoms with Crippen LogP contribution < -0.4 is 10.2 Å². The molecule has 0 bridgehead atoms. The molecule has 31 heavy (non-hydrogen) atoms. The van der Waals surface area contributed by atoms with Gasteiger partial charge >= 0.3 is 0 Å². The van der Waals surface area contributed by atoms with Crippen LogP contribution in [-0.4, -0.2) is 90.3 Å². The monoisotopic (exact) mass is 480 g/mol. The van der Waals surface area contributed by atoms with Crippen LogP contribution in [0, 0.1) is 18.3 Å². The topological polar surface area (TPSA) is 93.4 Å². The molecule has 1 N–H and O–H groups in total. The van der Waals surface area contributed by atoms with Crippen molar-refractivity contribution in [3.63, 3.8) is 0 Å². The van der Waals surface area contributed by atoms with E-state index in [1.165, 1.54) is 11.3 Å². The van der Waals surface area contributed by atoms with Gasteiger partial charge in [-0.05, 0) is 6.92 Å². The average molecular weight is 481 g/mol. The van der Waals surface area contributed by atoms with Crippen LogP contribution in [0.1, 0.15) is 10.4 Å². The lowest BCUT2D eigenvalue weighted by Gasteiger charge is -2.37. The van der Waals surface area contributed by atoms with Gasteiger partial charge in [0.05, 0.1) is 19.4 Å². The predicted octanol–water partition coefficient (Wildman–Crippen LogP) is 2.07. The molecule has 0 unspecified atom stereocenters. The highest BCUT2D eigenvalue weighted by Crippen LogP contribution is 2.27. The summed E-state index contributed by atoms with van der Waals surface area (Å²) in [5.74, 6) is 1.70. The zero-order valence-corrected chi connectivity index (χ0v) is 20.2. The molecule has 2 aliphatic heterocycles. The van der Waals surface area contributed by atoms with Crippen molar-refractivity contribution in [2.24, 2.45) is 0 Å². The predicted molar refractivity (Wildman–Crippen MR) is 131 cm³/mol. The molecule has 12 heteroatoms. The molecule has 0 amide bonds. The molecular weight excluding hydrogens is 452 g/mol. The van der Waals surface area contributed by atoms with Crippen LogP contribution in [-0.2, 0) is 4.74 Å². The molecular formula is C19H28N8OS3. The van der Waals surface area contributed by atoms with Crippen molar-refractivity contribution in [3.8, 4) is 6.07 Å². The highest BCUT2D eigenvalue weighted by Gasteiger charge is 2.21. The van der Waals surface area contributed by atoms with Crippen LogP contribution in [0.3, 0.4) is 0 Å². The van der Waals surface area contributed by atoms with Gasteiger partial charge in [0.2, 0.25) is 0 Å². The number of morpholine rings is 1. The van der Waals surface area contributed by atoms with Gasteiger partial charge in [0.15, 0.2) is 5.13 Å². The number of thiazole rings is 1. The highest BCUT2D eigenvalue weighted by atomic mass is 33.1. The molecule has 168 valence electrons. The number of aromatic nitrogens is 3. The van der Waals surface area contributed by atoms with Crippen LogP contribution in [0.2, 0.25) is 0 Å². The second-order valence-corrected chi connectivity index (χ2v) is 8.25. The zero-order chi connectivity index (χ0) is 22.1. The van der Waals surface area contributed by atoms with E-state index in [-0.39, 0.29) is 0 Å². The molecule has 9 nitrogen and oxygen atoms in total. The fourth-order valence-electron chi connectivity index (χ4n) is 3.66. The summed E-state index contributed by atoms with van der Waals surface area (Å²) in [4.78, 5) is 21.0. The van der Waals surface area contributed by atoms with Gasteiger partial charge in [-0.3, -0.25) is 9.80 Å². The number of anilines is 3. The molecule has 0 aromatic carbocycles. The standard InChI is InChI=1S/C19H26N8OS.H2S2/c1-15-17(24-19-21-13-16(12-20)29-19)22-14-23-18(15)27-6-4-25(5-7-27)2-3-26-8-10-28-11-9-26;1-2/h13-14H,2-11H2,1H3,(H,21,22,23,24);1-2H. The van der Waals surface area contributed by atoms with E-state index in [1.54, 1.807) is 12.5 Å². The number of piperazine rings is 1. The Morgan fingerprint density at radius 1 is 1.06 bits per heavy atom. The van der Waals surface area contributed by atoms with Crippen LogP contribution in [0.5, 0.6) is 0 Å². The fraction of sp³-hybridized carbons (Fsp3) is 0.579. The summed E-state index contributed by atoms with van der Waals surface area (Å²) in [5, 5.41) is 12.9. The molecule has 2 aromatic heterocycles. The smallest absolute Gasteiger partial charge is 0.189 e. The van der Waals surface area contributed by atoms with E-state index in [2.05, 4.69) is 64.4 Å². The Labute approximate surface area is 197 Å². The maximum atomic E-state index is 8.97. The van der Waals surface area contributed by atoms with Crippen molar-refractivity contribution in [1.82, 2.24) is 24.8 Å².